The van der Waals surface area contributed by atoms with Crippen molar-refractivity contribution in [3.8, 4) is 0 Å². The fourth-order valence-corrected chi connectivity index (χ4v) is 3.60. The van der Waals surface area contributed by atoms with Gasteiger partial charge in [0.2, 0.25) is 0 Å². The minimum Gasteiger partial charge on any atom is -0.354 e. The van der Waals surface area contributed by atoms with Crippen LogP contribution in [-0.4, -0.2) is 10.3 Å². The minimum atomic E-state index is 0.970. The van der Waals surface area contributed by atoms with E-state index >= 15 is 0 Å². The molecule has 1 N–H and O–H groups in total. The van der Waals surface area contributed by atoms with Gasteiger partial charge in [0, 0.05) is 36.1 Å². The van der Waals surface area contributed by atoms with E-state index in [9.17, 15) is 0 Å². The number of hydrogen-bond acceptors (Lipinski definition) is 0. The number of aromatic nitrogens is 1. The van der Waals surface area contributed by atoms with Gasteiger partial charge in [-0.3, -0.25) is 0 Å². The molecular formula is C14H10Br3N. The molecular weight excluding hydrogens is 422 g/mol. The number of nitrogens with one attached hydrogen (secondary N) is 1. The van der Waals surface area contributed by atoms with E-state index < -0.39 is 0 Å². The first kappa shape index (κ1) is 12.7. The molecule has 0 aliphatic heterocycles. The molecule has 0 amide bonds. The van der Waals surface area contributed by atoms with Crippen LogP contribution in [0.3, 0.4) is 0 Å². The summed E-state index contributed by atoms with van der Waals surface area (Å²) in [6, 6.07) is 10.7. The smallest absolute Gasteiger partial charge is 0.0498 e. The molecule has 92 valence electrons. The van der Waals surface area contributed by atoms with Gasteiger partial charge in [-0.15, -0.1) is 0 Å². The first-order valence-corrected chi connectivity index (χ1v) is 8.35. The molecule has 0 fully saturated rings. The summed E-state index contributed by atoms with van der Waals surface area (Å²) in [6.07, 6.45) is 1.02. The normalized spacial score (nSPS) is 11.5. The van der Waals surface area contributed by atoms with E-state index in [-0.39, 0.29) is 0 Å². The van der Waals surface area contributed by atoms with Gasteiger partial charge in [-0.1, -0.05) is 47.8 Å². The van der Waals surface area contributed by atoms with E-state index in [2.05, 4.69) is 83.1 Å². The van der Waals surface area contributed by atoms with Gasteiger partial charge in [0.05, 0.1) is 0 Å². The van der Waals surface area contributed by atoms with E-state index in [1.165, 1.54) is 27.4 Å². The van der Waals surface area contributed by atoms with Crippen molar-refractivity contribution in [2.24, 2.45) is 0 Å². The Morgan fingerprint density at radius 1 is 0.944 bits per heavy atom. The molecule has 0 atom stereocenters. The van der Waals surface area contributed by atoms with Crippen molar-refractivity contribution >= 4 is 69.6 Å². The maximum Gasteiger partial charge on any atom is 0.0498 e. The van der Waals surface area contributed by atoms with E-state index in [4.69, 9.17) is 0 Å². The van der Waals surface area contributed by atoms with Crippen LogP contribution < -0.4 is 0 Å². The topological polar surface area (TPSA) is 15.8 Å². The molecule has 1 heterocycles. The first-order chi connectivity index (χ1) is 8.69. The molecule has 4 heteroatoms. The third-order valence-corrected chi connectivity index (χ3v) is 4.43. The molecule has 0 unspecified atom stereocenters. The van der Waals surface area contributed by atoms with Crippen molar-refractivity contribution in [2.45, 2.75) is 6.42 Å². The summed E-state index contributed by atoms with van der Waals surface area (Å²) in [6.45, 7) is 0. The third-order valence-electron chi connectivity index (χ3n) is 3.08. The predicted octanol–water partition coefficient (Wildman–Crippen LogP) is 5.78. The van der Waals surface area contributed by atoms with Gasteiger partial charge in [0.1, 0.15) is 0 Å². The first-order valence-electron chi connectivity index (χ1n) is 5.64. The lowest BCUT2D eigenvalue weighted by molar-refractivity contribution is 1.18. The van der Waals surface area contributed by atoms with Gasteiger partial charge in [0.15, 0.2) is 0 Å². The largest absolute Gasteiger partial charge is 0.354 e. The zero-order chi connectivity index (χ0) is 12.7. The Labute approximate surface area is 130 Å². The number of fused-ring (bicyclic) bond motifs is 3. The highest BCUT2D eigenvalue weighted by molar-refractivity contribution is 9.10. The minimum absolute atomic E-state index is 0.970. The number of aromatic amines is 1. The number of halogens is 3. The molecule has 0 saturated heterocycles. The Balaban J connectivity index is 2.42. The van der Waals surface area contributed by atoms with Crippen LogP contribution in [0.4, 0.5) is 0 Å². The molecule has 3 aromatic rings. The maximum atomic E-state index is 3.60. The molecule has 1 nitrogen and oxygen atoms in total. The van der Waals surface area contributed by atoms with Gasteiger partial charge >= 0.3 is 0 Å². The second-order valence-electron chi connectivity index (χ2n) is 4.24. The number of hydrogen-bond donors (Lipinski definition) is 1. The third kappa shape index (κ3) is 2.15. The number of aryl methyl sites for hydroxylation is 1. The van der Waals surface area contributed by atoms with Crippen LogP contribution in [-0.2, 0) is 6.42 Å². The number of H-pyrrole nitrogens is 1. The van der Waals surface area contributed by atoms with Crippen molar-refractivity contribution in [2.75, 3.05) is 5.33 Å². The van der Waals surface area contributed by atoms with Crippen LogP contribution in [0.25, 0.3) is 21.8 Å². The molecule has 0 saturated carbocycles. The fraction of sp³-hybridized carbons (Fsp3) is 0.143. The number of rotatable bonds is 2. The summed E-state index contributed by atoms with van der Waals surface area (Å²) in [5.74, 6) is 0. The highest BCUT2D eigenvalue weighted by atomic mass is 79.9. The lowest BCUT2D eigenvalue weighted by Crippen LogP contribution is -1.87. The molecule has 3 rings (SSSR count). The summed E-state index contributed by atoms with van der Waals surface area (Å²) in [5.41, 5.74) is 3.76. The molecule has 0 radical (unpaired) electrons. The molecule has 0 aliphatic carbocycles. The Bertz CT molecular complexity index is 731. The molecule has 0 spiro atoms. The number of alkyl halides is 1. The highest BCUT2D eigenvalue weighted by Gasteiger charge is 2.09. The molecule has 1 aromatic heterocycles. The van der Waals surface area contributed by atoms with Crippen molar-refractivity contribution in [1.82, 2.24) is 4.98 Å². The van der Waals surface area contributed by atoms with Crippen LogP contribution in [0.5, 0.6) is 0 Å². The summed E-state index contributed by atoms with van der Waals surface area (Å²) in [4.78, 5) is 3.52. The lowest BCUT2D eigenvalue weighted by atomic mass is 10.1. The van der Waals surface area contributed by atoms with E-state index in [1.807, 2.05) is 0 Å². The van der Waals surface area contributed by atoms with Crippen LogP contribution in [0, 0.1) is 0 Å². The van der Waals surface area contributed by atoms with Crippen LogP contribution in [0.2, 0.25) is 0 Å². The second kappa shape index (κ2) is 4.99. The van der Waals surface area contributed by atoms with Gasteiger partial charge in [0.25, 0.3) is 0 Å². The quantitative estimate of drug-likeness (QED) is 0.495. The molecule has 2 aromatic carbocycles. The Kier molecular flexibility index (Phi) is 3.52. The average molecular weight is 432 g/mol. The maximum absolute atomic E-state index is 3.60. The monoisotopic (exact) mass is 429 g/mol. The highest BCUT2D eigenvalue weighted by Crippen LogP contribution is 2.32. The molecule has 0 aliphatic rings. The van der Waals surface area contributed by atoms with Gasteiger partial charge in [-0.2, -0.15) is 0 Å². The standard InChI is InChI=1S/C14H10Br3N/c15-4-3-8-5-10(17)7-12-11-6-9(16)1-2-13(11)18-14(8)12/h1-2,5-7,18H,3-4H2. The average Bonchev–Trinajstić information content (AvgIpc) is 2.68. The number of benzene rings is 2. The predicted molar refractivity (Wildman–Crippen MR) is 88.7 cm³/mol. The van der Waals surface area contributed by atoms with Crippen molar-refractivity contribution in [1.29, 1.82) is 0 Å². The Morgan fingerprint density at radius 2 is 1.72 bits per heavy atom. The van der Waals surface area contributed by atoms with Crippen LogP contribution >= 0.6 is 47.8 Å². The Hall–Kier alpha value is -0.320. The van der Waals surface area contributed by atoms with Crippen LogP contribution in [0.1, 0.15) is 5.56 Å². The second-order valence-corrected chi connectivity index (χ2v) is 6.87. The summed E-state index contributed by atoms with van der Waals surface area (Å²) >= 11 is 10.7. The van der Waals surface area contributed by atoms with Crippen molar-refractivity contribution in [3.05, 3.63) is 44.8 Å². The zero-order valence-electron chi connectivity index (χ0n) is 9.43. The Morgan fingerprint density at radius 3 is 2.50 bits per heavy atom. The van der Waals surface area contributed by atoms with E-state index in [0.29, 0.717) is 0 Å². The van der Waals surface area contributed by atoms with Crippen LogP contribution in [0.15, 0.2) is 39.3 Å². The lowest BCUT2D eigenvalue weighted by Gasteiger charge is -2.02. The molecule has 18 heavy (non-hydrogen) atoms. The zero-order valence-corrected chi connectivity index (χ0v) is 14.2. The van der Waals surface area contributed by atoms with Crippen molar-refractivity contribution in [3.63, 3.8) is 0 Å². The van der Waals surface area contributed by atoms with Crippen molar-refractivity contribution < 1.29 is 0 Å². The fourth-order valence-electron chi connectivity index (χ4n) is 2.31. The van der Waals surface area contributed by atoms with E-state index in [1.54, 1.807) is 0 Å². The van der Waals surface area contributed by atoms with Gasteiger partial charge in [-0.25, -0.2) is 0 Å². The SMILES string of the molecule is BrCCc1cc(Br)cc2c1[nH]c1ccc(Br)cc12. The summed E-state index contributed by atoms with van der Waals surface area (Å²) < 4.78 is 2.24. The summed E-state index contributed by atoms with van der Waals surface area (Å²) in [5, 5.41) is 3.51. The van der Waals surface area contributed by atoms with Gasteiger partial charge in [-0.05, 0) is 42.3 Å². The molecule has 0 bridgehead atoms. The van der Waals surface area contributed by atoms with E-state index in [0.717, 1.165) is 20.7 Å². The van der Waals surface area contributed by atoms with Gasteiger partial charge < -0.3 is 4.98 Å². The summed E-state index contributed by atoms with van der Waals surface area (Å²) in [7, 11) is 0.